The number of amides is 6. The Hall–Kier alpha value is -6.43. The van der Waals surface area contributed by atoms with Crippen molar-refractivity contribution >= 4 is 46.3 Å². The molecular formula is C53H64FN9O7. The third-order valence-corrected chi connectivity index (χ3v) is 14.6. The number of nitrogens with zero attached hydrogens (tertiary/aromatic N) is 6. The van der Waals surface area contributed by atoms with Crippen molar-refractivity contribution < 1.29 is 38.1 Å². The van der Waals surface area contributed by atoms with Crippen molar-refractivity contribution in [2.45, 2.75) is 84.5 Å². The van der Waals surface area contributed by atoms with Crippen LogP contribution < -0.4 is 20.3 Å². The summed E-state index contributed by atoms with van der Waals surface area (Å²) in [7, 11) is 1.52. The number of aromatic amines is 1. The van der Waals surface area contributed by atoms with Gasteiger partial charge in [0.25, 0.3) is 5.91 Å². The zero-order valence-corrected chi connectivity index (χ0v) is 40.5. The number of aliphatic hydroxyl groups is 1. The zero-order chi connectivity index (χ0) is 49.1. The number of rotatable bonds is 14. The molecule has 4 fully saturated rings. The second-order valence-electron chi connectivity index (χ2n) is 19.8. The average molecular weight is 958 g/mol. The Labute approximate surface area is 407 Å². The highest BCUT2D eigenvalue weighted by molar-refractivity contribution is 6.07. The Bertz CT molecular complexity index is 2710. The molecule has 4 aliphatic heterocycles. The van der Waals surface area contributed by atoms with Crippen LogP contribution in [0.4, 0.5) is 25.4 Å². The van der Waals surface area contributed by atoms with Crippen LogP contribution in [0.5, 0.6) is 5.75 Å². The number of β-amino-alcohol motifs (C(OH)–C–C–N with tert-alkyl or cyclic N) is 1. The number of fused-ring (bicyclic) bond motifs is 1. The van der Waals surface area contributed by atoms with Crippen LogP contribution >= 0.6 is 0 Å². The summed E-state index contributed by atoms with van der Waals surface area (Å²) in [5.74, 6) is 0.539. The van der Waals surface area contributed by atoms with Crippen LogP contribution in [-0.2, 0) is 16.1 Å². The number of aliphatic hydroxyl groups excluding tert-OH is 1. The van der Waals surface area contributed by atoms with Gasteiger partial charge in [0, 0.05) is 86.0 Å². The number of hydrogen-bond donors (Lipinski definition) is 4. The van der Waals surface area contributed by atoms with E-state index in [9.17, 15) is 24.3 Å². The molecule has 6 heterocycles. The van der Waals surface area contributed by atoms with Gasteiger partial charge in [-0.05, 0) is 117 Å². The van der Waals surface area contributed by atoms with E-state index in [4.69, 9.17) is 9.47 Å². The van der Waals surface area contributed by atoms with E-state index in [1.165, 1.54) is 30.5 Å². The summed E-state index contributed by atoms with van der Waals surface area (Å²) in [5, 5.41) is 16.5. The fourth-order valence-corrected chi connectivity index (χ4v) is 10.5. The first-order valence-electron chi connectivity index (χ1n) is 24.7. The standard InChI is InChI=1S/C53H64FN9O7/c1-32(2)23-38-28-62(29-46(38)64)52(67)58-43-26-39(54)25-41(33(43)3)49-42-27-44(57-50(42)56-31-55-49)36-7-5-35(6-8-36)30-70-40-14-18-60(19-15-40)17-11-34-12-20-61(21-13-34)51(66)37-9-10-47(69-4)45(24-37)63-22-16-48(65)59-53(63)68/h5-10,24-27,31-32,34,38,40,46,64H,11-23,28-30H2,1-4H3,(H,58,67)(H,55,56,57)(H,59,65,68)/t38-,46-/m0/s1. The normalized spacial score (nSPS) is 19.6. The Morgan fingerprint density at radius 1 is 0.929 bits per heavy atom. The number of urea groups is 2. The van der Waals surface area contributed by atoms with E-state index in [2.05, 4.69) is 68.6 Å². The maximum Gasteiger partial charge on any atom is 0.328 e. The second-order valence-corrected chi connectivity index (χ2v) is 19.8. The Kier molecular flexibility index (Phi) is 14.8. The van der Waals surface area contributed by atoms with E-state index in [1.54, 1.807) is 23.1 Å². The zero-order valence-electron chi connectivity index (χ0n) is 40.5. The molecule has 0 radical (unpaired) electrons. The van der Waals surface area contributed by atoms with Crippen molar-refractivity contribution in [3.8, 4) is 28.3 Å². The highest BCUT2D eigenvalue weighted by atomic mass is 19.1. The van der Waals surface area contributed by atoms with E-state index >= 15 is 4.39 Å². The Morgan fingerprint density at radius 2 is 1.70 bits per heavy atom. The van der Waals surface area contributed by atoms with Gasteiger partial charge in [-0.15, -0.1) is 0 Å². The first kappa shape index (κ1) is 48.6. The highest BCUT2D eigenvalue weighted by Crippen LogP contribution is 2.36. The molecule has 0 spiro atoms. The highest BCUT2D eigenvalue weighted by Gasteiger charge is 2.35. The maximum absolute atomic E-state index is 15.2. The number of carbonyl (C=O) groups is 4. The fourth-order valence-electron chi connectivity index (χ4n) is 10.5. The smallest absolute Gasteiger partial charge is 0.328 e. The van der Waals surface area contributed by atoms with Crippen molar-refractivity contribution in [3.05, 3.63) is 89.5 Å². The van der Waals surface area contributed by atoms with Gasteiger partial charge in [-0.25, -0.2) is 23.9 Å². The number of methoxy groups -OCH3 is 1. The molecule has 0 bridgehead atoms. The largest absolute Gasteiger partial charge is 0.495 e. The molecule has 370 valence electrons. The summed E-state index contributed by atoms with van der Waals surface area (Å²) >= 11 is 0. The van der Waals surface area contributed by atoms with Crippen LogP contribution in [0.1, 0.15) is 80.3 Å². The van der Waals surface area contributed by atoms with Crippen LogP contribution in [0.2, 0.25) is 0 Å². The van der Waals surface area contributed by atoms with Crippen molar-refractivity contribution in [2.24, 2.45) is 17.8 Å². The number of halogens is 1. The number of benzene rings is 3. The van der Waals surface area contributed by atoms with Gasteiger partial charge in [-0.3, -0.25) is 19.8 Å². The van der Waals surface area contributed by atoms with Crippen LogP contribution in [0.25, 0.3) is 33.5 Å². The number of piperidine rings is 2. The number of anilines is 2. The van der Waals surface area contributed by atoms with Gasteiger partial charge >= 0.3 is 12.1 Å². The lowest BCUT2D eigenvalue weighted by atomic mass is 9.92. The van der Waals surface area contributed by atoms with Crippen molar-refractivity contribution in [1.82, 2.24) is 35.0 Å². The molecule has 0 saturated carbocycles. The van der Waals surface area contributed by atoms with Gasteiger partial charge in [0.2, 0.25) is 5.91 Å². The fraction of sp³-hybridized carbons (Fsp3) is 0.472. The molecule has 2 atom stereocenters. The van der Waals surface area contributed by atoms with Crippen LogP contribution in [0.3, 0.4) is 0 Å². The molecule has 2 aromatic heterocycles. The van der Waals surface area contributed by atoms with E-state index in [0.717, 1.165) is 80.4 Å². The molecule has 16 nitrogen and oxygen atoms in total. The van der Waals surface area contributed by atoms with Gasteiger partial charge in [-0.1, -0.05) is 38.1 Å². The van der Waals surface area contributed by atoms with Crippen LogP contribution in [0.15, 0.2) is 67.0 Å². The molecule has 5 aromatic rings. The molecule has 4 saturated heterocycles. The van der Waals surface area contributed by atoms with Crippen LogP contribution in [0, 0.1) is 30.5 Å². The molecule has 70 heavy (non-hydrogen) atoms. The molecule has 3 aromatic carbocycles. The summed E-state index contributed by atoms with van der Waals surface area (Å²) in [4.78, 5) is 71.1. The Balaban J connectivity index is 0.729. The van der Waals surface area contributed by atoms with E-state index < -0.39 is 18.0 Å². The molecule has 9 rings (SSSR count). The molecule has 6 amide bonds. The summed E-state index contributed by atoms with van der Waals surface area (Å²) in [6, 6.07) is 17.2. The van der Waals surface area contributed by atoms with E-state index in [0.29, 0.717) is 83.2 Å². The molecule has 17 heteroatoms. The third-order valence-electron chi connectivity index (χ3n) is 14.6. The number of hydrogen-bond acceptors (Lipinski definition) is 10. The first-order valence-corrected chi connectivity index (χ1v) is 24.7. The molecule has 0 unspecified atom stereocenters. The summed E-state index contributed by atoms with van der Waals surface area (Å²) in [6.45, 7) is 11.8. The minimum Gasteiger partial charge on any atom is -0.495 e. The topological polar surface area (TPSA) is 186 Å². The third kappa shape index (κ3) is 11.0. The summed E-state index contributed by atoms with van der Waals surface area (Å²) in [5.41, 5.74) is 6.59. The number of carbonyl (C=O) groups excluding carboxylic acids is 4. The van der Waals surface area contributed by atoms with Crippen LogP contribution in [-0.4, -0.2) is 130 Å². The predicted molar refractivity (Wildman–Crippen MR) is 265 cm³/mol. The Morgan fingerprint density at radius 3 is 2.43 bits per heavy atom. The van der Waals surface area contributed by atoms with Crippen molar-refractivity contribution in [1.29, 1.82) is 0 Å². The number of ether oxygens (including phenoxy) is 2. The first-order chi connectivity index (χ1) is 33.8. The summed E-state index contributed by atoms with van der Waals surface area (Å²) < 4.78 is 27.1. The van der Waals surface area contributed by atoms with Gasteiger partial charge in [0.05, 0.1) is 37.3 Å². The molecule has 0 aliphatic carbocycles. The predicted octanol–water partition coefficient (Wildman–Crippen LogP) is 7.99. The van der Waals surface area contributed by atoms with Crippen molar-refractivity contribution in [3.63, 3.8) is 0 Å². The van der Waals surface area contributed by atoms with Gasteiger partial charge in [0.15, 0.2) is 0 Å². The monoisotopic (exact) mass is 957 g/mol. The van der Waals surface area contributed by atoms with Gasteiger partial charge in [0.1, 0.15) is 23.5 Å². The molecular weight excluding hydrogens is 894 g/mol. The average Bonchev–Trinajstić information content (AvgIpc) is 3.97. The lowest BCUT2D eigenvalue weighted by Crippen LogP contribution is -2.49. The number of likely N-dealkylation sites (tertiary alicyclic amines) is 3. The lowest BCUT2D eigenvalue weighted by molar-refractivity contribution is -0.120. The molecule has 4 N–H and O–H groups in total. The second kappa shape index (κ2) is 21.3. The maximum atomic E-state index is 15.2. The van der Waals surface area contributed by atoms with E-state index in [-0.39, 0.29) is 49.4 Å². The van der Waals surface area contributed by atoms with Gasteiger partial charge in [-0.2, -0.15) is 0 Å². The number of nitrogens with one attached hydrogen (secondary N) is 3. The minimum absolute atomic E-state index is 0.00853. The summed E-state index contributed by atoms with van der Waals surface area (Å²) in [6.07, 6.45) is 7.00. The molecule has 4 aliphatic rings. The quantitative estimate of drug-likeness (QED) is 0.0851. The van der Waals surface area contributed by atoms with Crippen molar-refractivity contribution in [2.75, 3.05) is 69.7 Å². The minimum atomic E-state index is -0.586. The lowest BCUT2D eigenvalue weighted by Gasteiger charge is -2.35. The number of H-pyrrole nitrogens is 1. The van der Waals surface area contributed by atoms with E-state index in [1.807, 2.05) is 17.9 Å². The van der Waals surface area contributed by atoms with Gasteiger partial charge < -0.3 is 39.6 Å². The number of imide groups is 1. The SMILES string of the molecule is COc1ccc(C(=O)N2CCC(CCN3CCC(OCc4ccc(-c5cc6c(-c7cc(F)cc(NC(=O)N8C[C@H](CC(C)C)[C@@H](O)C8)c7C)ncnc6[nH]5)cc4)CC3)CC2)cc1N1CCC(=O)NC1=O. The number of aromatic nitrogens is 3.